The van der Waals surface area contributed by atoms with Gasteiger partial charge >= 0.3 is 0 Å². The highest BCUT2D eigenvalue weighted by Gasteiger charge is 2.52. The van der Waals surface area contributed by atoms with E-state index in [2.05, 4.69) is 18.3 Å². The van der Waals surface area contributed by atoms with Crippen LogP contribution in [0.4, 0.5) is 0 Å². The third kappa shape index (κ3) is 4.58. The zero-order chi connectivity index (χ0) is 20.5. The summed E-state index contributed by atoms with van der Waals surface area (Å²) in [4.78, 5) is 30.9. The maximum Gasteiger partial charge on any atom is 0.294 e. The second-order valence-electron chi connectivity index (χ2n) is 8.73. The SMILES string of the molecule is C=C(C)C1(C)CC2=CC(C)(C(CO[N+](=O)[O-])O[N+](=O)[O-])CC(CCN)(C2)C1. The molecule has 2 bridgehead atoms. The van der Waals surface area contributed by atoms with Crippen LogP contribution in [0.5, 0.6) is 0 Å². The molecule has 4 atom stereocenters. The van der Waals surface area contributed by atoms with Crippen molar-refractivity contribution in [1.82, 2.24) is 0 Å². The number of nitrogens with two attached hydrogens (primary N) is 1. The van der Waals surface area contributed by atoms with Gasteiger partial charge in [-0.3, -0.25) is 0 Å². The highest BCUT2D eigenvalue weighted by atomic mass is 17.0. The molecule has 1 saturated carbocycles. The molecule has 27 heavy (non-hydrogen) atoms. The van der Waals surface area contributed by atoms with Crippen LogP contribution in [-0.4, -0.2) is 29.4 Å². The van der Waals surface area contributed by atoms with Gasteiger partial charge in [0.05, 0.1) is 0 Å². The molecule has 0 radical (unpaired) electrons. The molecule has 0 spiro atoms. The third-order valence-electron chi connectivity index (χ3n) is 6.26. The Kier molecular flexibility index (Phi) is 5.84. The summed E-state index contributed by atoms with van der Waals surface area (Å²) in [5.41, 5.74) is 7.21. The first kappa shape index (κ1) is 21.1. The van der Waals surface area contributed by atoms with Gasteiger partial charge in [-0.15, -0.1) is 20.2 Å². The summed E-state index contributed by atoms with van der Waals surface area (Å²) in [5.74, 6) is 0. The Hall–Kier alpha value is -2.16. The van der Waals surface area contributed by atoms with Crippen LogP contribution in [0.1, 0.15) is 52.9 Å². The fraction of sp³-hybridized carbons (Fsp3) is 0.778. The fourth-order valence-corrected chi connectivity index (χ4v) is 5.20. The molecule has 9 nitrogen and oxygen atoms in total. The number of hydrogen-bond acceptors (Lipinski definition) is 7. The van der Waals surface area contributed by atoms with Crippen LogP contribution in [0.15, 0.2) is 23.8 Å². The monoisotopic (exact) mass is 383 g/mol. The van der Waals surface area contributed by atoms with Gasteiger partial charge in [-0.2, -0.15) is 0 Å². The molecule has 0 heterocycles. The minimum absolute atomic E-state index is 0.0582. The standard InChI is InChI=1S/C18H29N3O6/c1-13(2)16(3)7-14-8-17(4,12-18(9-14,11-16)5-6-19)15(27-21(24)25)10-26-20(22)23/h8,15H,1,5-7,9-12,19H2,2-4H3. The van der Waals surface area contributed by atoms with Crippen LogP contribution in [0, 0.1) is 36.5 Å². The van der Waals surface area contributed by atoms with E-state index >= 15 is 0 Å². The summed E-state index contributed by atoms with van der Waals surface area (Å²) < 4.78 is 0. The maximum atomic E-state index is 11.0. The van der Waals surface area contributed by atoms with Crippen molar-refractivity contribution in [3.63, 3.8) is 0 Å². The predicted octanol–water partition coefficient (Wildman–Crippen LogP) is 3.21. The van der Waals surface area contributed by atoms with E-state index in [0.717, 1.165) is 31.3 Å². The quantitative estimate of drug-likeness (QED) is 0.367. The van der Waals surface area contributed by atoms with Crippen LogP contribution in [0.2, 0.25) is 0 Å². The molecule has 0 aromatic rings. The van der Waals surface area contributed by atoms with Crippen molar-refractivity contribution in [1.29, 1.82) is 0 Å². The smallest absolute Gasteiger partial charge is 0.294 e. The average Bonchev–Trinajstić information content (AvgIpc) is 2.49. The number of nitrogens with zero attached hydrogens (tertiary/aromatic N) is 2. The number of hydrogen-bond donors (Lipinski definition) is 1. The summed E-state index contributed by atoms with van der Waals surface area (Å²) in [5, 5.41) is 19.7. The summed E-state index contributed by atoms with van der Waals surface area (Å²) in [6.07, 6.45) is 4.85. The Balaban J connectivity index is 2.42. The van der Waals surface area contributed by atoms with Gasteiger partial charge in [0.15, 0.2) is 0 Å². The summed E-state index contributed by atoms with van der Waals surface area (Å²) in [7, 11) is 0. The third-order valence-corrected chi connectivity index (χ3v) is 6.26. The lowest BCUT2D eigenvalue weighted by Gasteiger charge is -2.55. The van der Waals surface area contributed by atoms with Gasteiger partial charge < -0.3 is 15.4 Å². The van der Waals surface area contributed by atoms with E-state index in [1.807, 2.05) is 19.9 Å². The van der Waals surface area contributed by atoms with Crippen LogP contribution in [0.3, 0.4) is 0 Å². The van der Waals surface area contributed by atoms with Crippen molar-refractivity contribution >= 4 is 0 Å². The van der Waals surface area contributed by atoms with Crippen LogP contribution < -0.4 is 5.73 Å². The van der Waals surface area contributed by atoms with Crippen LogP contribution in [0.25, 0.3) is 0 Å². The normalized spacial score (nSPS) is 33.6. The Bertz CT molecular complexity index is 665. The van der Waals surface area contributed by atoms with Gasteiger partial charge in [0, 0.05) is 5.41 Å². The maximum absolute atomic E-state index is 11.0. The summed E-state index contributed by atoms with van der Waals surface area (Å²) in [6, 6.07) is 0. The molecule has 1 fully saturated rings. The molecule has 2 N–H and O–H groups in total. The Morgan fingerprint density at radius 2 is 1.96 bits per heavy atom. The van der Waals surface area contributed by atoms with Gasteiger partial charge in [-0.1, -0.05) is 37.6 Å². The zero-order valence-corrected chi connectivity index (χ0v) is 16.2. The van der Waals surface area contributed by atoms with E-state index < -0.39 is 28.3 Å². The first-order valence-electron chi connectivity index (χ1n) is 9.09. The molecule has 0 aromatic heterocycles. The summed E-state index contributed by atoms with van der Waals surface area (Å²) in [6.45, 7) is 10.2. The molecule has 2 rings (SSSR count). The van der Waals surface area contributed by atoms with Gasteiger partial charge in [0.25, 0.3) is 10.2 Å². The molecule has 0 aromatic carbocycles. The minimum Gasteiger partial charge on any atom is -0.330 e. The van der Waals surface area contributed by atoms with Crippen molar-refractivity contribution in [2.45, 2.75) is 59.0 Å². The lowest BCUT2D eigenvalue weighted by molar-refractivity contribution is -0.793. The van der Waals surface area contributed by atoms with Crippen LogP contribution >= 0.6 is 0 Å². The Morgan fingerprint density at radius 1 is 1.30 bits per heavy atom. The van der Waals surface area contributed by atoms with E-state index in [1.165, 1.54) is 5.57 Å². The average molecular weight is 383 g/mol. The highest BCUT2D eigenvalue weighted by molar-refractivity contribution is 5.28. The largest absolute Gasteiger partial charge is 0.330 e. The number of rotatable bonds is 9. The van der Waals surface area contributed by atoms with Crippen molar-refractivity contribution < 1.29 is 19.8 Å². The highest BCUT2D eigenvalue weighted by Crippen LogP contribution is 2.61. The molecule has 2 aliphatic rings. The van der Waals surface area contributed by atoms with Gasteiger partial charge in [-0.05, 0) is 56.4 Å². The van der Waals surface area contributed by atoms with Crippen LogP contribution in [-0.2, 0) is 9.68 Å². The second kappa shape index (κ2) is 7.46. The first-order valence-corrected chi connectivity index (χ1v) is 9.09. The van der Waals surface area contributed by atoms with E-state index in [1.54, 1.807) is 0 Å². The minimum atomic E-state index is -1.07. The Morgan fingerprint density at radius 3 is 2.48 bits per heavy atom. The number of fused-ring (bicyclic) bond motifs is 2. The molecule has 0 aliphatic heterocycles. The predicted molar refractivity (Wildman–Crippen MR) is 98.5 cm³/mol. The topological polar surface area (TPSA) is 131 Å². The molecule has 152 valence electrons. The van der Waals surface area contributed by atoms with E-state index in [9.17, 15) is 20.2 Å². The summed E-state index contributed by atoms with van der Waals surface area (Å²) >= 11 is 0. The molecule has 0 saturated heterocycles. The van der Waals surface area contributed by atoms with Gasteiger partial charge in [0.1, 0.15) is 12.7 Å². The van der Waals surface area contributed by atoms with Crippen molar-refractivity contribution in [2.24, 2.45) is 22.0 Å². The van der Waals surface area contributed by atoms with E-state index in [0.29, 0.717) is 13.0 Å². The Labute approximate surface area is 158 Å². The van der Waals surface area contributed by atoms with E-state index in [4.69, 9.17) is 10.6 Å². The number of allylic oxidation sites excluding steroid dienone is 2. The molecule has 2 aliphatic carbocycles. The molecule has 4 unspecified atom stereocenters. The van der Waals surface area contributed by atoms with Gasteiger partial charge in [-0.25, -0.2) is 0 Å². The fourth-order valence-electron chi connectivity index (χ4n) is 5.20. The van der Waals surface area contributed by atoms with E-state index in [-0.39, 0.29) is 10.8 Å². The molecular weight excluding hydrogens is 354 g/mol. The zero-order valence-electron chi connectivity index (χ0n) is 16.2. The molecular formula is C18H29N3O6. The lowest BCUT2D eigenvalue weighted by atomic mass is 9.50. The van der Waals surface area contributed by atoms with Crippen molar-refractivity contribution in [3.8, 4) is 0 Å². The molecule has 0 amide bonds. The lowest BCUT2D eigenvalue weighted by Crippen LogP contribution is -2.49. The second-order valence-corrected chi connectivity index (χ2v) is 8.73. The molecule has 9 heteroatoms. The van der Waals surface area contributed by atoms with Gasteiger partial charge in [0.2, 0.25) is 0 Å². The van der Waals surface area contributed by atoms with Crippen molar-refractivity contribution in [3.05, 3.63) is 44.0 Å². The van der Waals surface area contributed by atoms with Crippen molar-refractivity contribution in [2.75, 3.05) is 13.2 Å². The first-order chi connectivity index (χ1) is 12.4.